The van der Waals surface area contributed by atoms with Gasteiger partial charge in [-0.05, 0) is 19.1 Å². The van der Waals surface area contributed by atoms with E-state index in [1.165, 1.54) is 19.1 Å². The van der Waals surface area contributed by atoms with E-state index < -0.39 is 17.5 Å². The lowest BCUT2D eigenvalue weighted by Crippen LogP contribution is -2.38. The Bertz CT molecular complexity index is 262. The van der Waals surface area contributed by atoms with Crippen molar-refractivity contribution in [3.8, 4) is 0 Å². The first-order valence-corrected chi connectivity index (χ1v) is 3.48. The molecule has 0 spiro atoms. The molecule has 1 aliphatic rings. The van der Waals surface area contributed by atoms with E-state index in [1.807, 2.05) is 0 Å². The topological polar surface area (TPSA) is 77.8 Å². The van der Waals surface area contributed by atoms with E-state index in [-0.39, 0.29) is 5.76 Å². The molecule has 3 N–H and O–H groups in total. The zero-order valence-corrected chi connectivity index (χ0v) is 6.56. The van der Waals surface area contributed by atoms with Crippen LogP contribution >= 0.6 is 0 Å². The highest BCUT2D eigenvalue weighted by Gasteiger charge is 2.36. The maximum atomic E-state index is 10.6. The van der Waals surface area contributed by atoms with Crippen LogP contribution in [0.3, 0.4) is 0 Å². The Hall–Kier alpha value is -1.29. The molecular formula is C8H10O4. The molecule has 0 bridgehead atoms. The third-order valence-electron chi connectivity index (χ3n) is 1.80. The molecule has 0 amide bonds. The lowest BCUT2D eigenvalue weighted by atomic mass is 9.85. The molecule has 1 rings (SSSR count). The molecule has 0 aliphatic heterocycles. The van der Waals surface area contributed by atoms with Gasteiger partial charge in [0.1, 0.15) is 17.3 Å². The number of hydrogen-bond acceptors (Lipinski definition) is 3. The minimum absolute atomic E-state index is 0.113. The molecule has 0 aromatic rings. The Labute approximate surface area is 69.5 Å². The van der Waals surface area contributed by atoms with Crippen molar-refractivity contribution in [2.45, 2.75) is 12.5 Å². The third-order valence-corrected chi connectivity index (χ3v) is 1.80. The summed E-state index contributed by atoms with van der Waals surface area (Å²) in [7, 11) is 0. The number of hydrogen-bond donors (Lipinski definition) is 3. The number of carbonyl (C=O) groups is 1. The van der Waals surface area contributed by atoms with Gasteiger partial charge in [0.2, 0.25) is 0 Å². The molecule has 12 heavy (non-hydrogen) atoms. The van der Waals surface area contributed by atoms with Crippen LogP contribution in [0, 0.1) is 5.92 Å². The Morgan fingerprint density at radius 1 is 1.67 bits per heavy atom. The zero-order valence-electron chi connectivity index (χ0n) is 6.56. The van der Waals surface area contributed by atoms with Crippen molar-refractivity contribution in [1.29, 1.82) is 0 Å². The summed E-state index contributed by atoms with van der Waals surface area (Å²) in [6.07, 6.45) is 3.64. The highest BCUT2D eigenvalue weighted by molar-refractivity contribution is 5.75. The molecule has 0 saturated heterocycles. The fraction of sp³-hybridized carbons (Fsp3) is 0.375. The number of aliphatic carboxylic acids is 1. The second kappa shape index (κ2) is 2.64. The second-order valence-corrected chi connectivity index (χ2v) is 2.97. The Balaban J connectivity index is 2.96. The van der Waals surface area contributed by atoms with Crippen LogP contribution in [0.2, 0.25) is 0 Å². The van der Waals surface area contributed by atoms with Gasteiger partial charge < -0.3 is 15.3 Å². The van der Waals surface area contributed by atoms with Crippen LogP contribution in [0.1, 0.15) is 6.92 Å². The second-order valence-electron chi connectivity index (χ2n) is 2.97. The van der Waals surface area contributed by atoms with Crippen LogP contribution in [-0.4, -0.2) is 26.9 Å². The van der Waals surface area contributed by atoms with Crippen molar-refractivity contribution in [2.75, 3.05) is 0 Å². The van der Waals surface area contributed by atoms with E-state index >= 15 is 0 Å². The first-order valence-electron chi connectivity index (χ1n) is 3.48. The molecule has 1 aliphatic carbocycles. The minimum atomic E-state index is -1.51. The van der Waals surface area contributed by atoms with Crippen molar-refractivity contribution in [3.05, 3.63) is 24.0 Å². The number of rotatable bonds is 1. The van der Waals surface area contributed by atoms with E-state index in [0.29, 0.717) is 0 Å². The molecule has 4 nitrogen and oxygen atoms in total. The van der Waals surface area contributed by atoms with Crippen LogP contribution in [0.15, 0.2) is 24.0 Å². The van der Waals surface area contributed by atoms with Crippen LogP contribution < -0.4 is 0 Å². The van der Waals surface area contributed by atoms with E-state index in [4.69, 9.17) is 10.2 Å². The summed E-state index contributed by atoms with van der Waals surface area (Å²) in [5, 5.41) is 27.1. The third kappa shape index (κ3) is 1.48. The van der Waals surface area contributed by atoms with Crippen molar-refractivity contribution in [3.63, 3.8) is 0 Å². The van der Waals surface area contributed by atoms with Crippen LogP contribution in [0.4, 0.5) is 0 Å². The highest BCUT2D eigenvalue weighted by Crippen LogP contribution is 2.26. The molecule has 0 radical (unpaired) electrons. The lowest BCUT2D eigenvalue weighted by molar-refractivity contribution is -0.145. The summed E-state index contributed by atoms with van der Waals surface area (Å²) in [6, 6.07) is 0. The predicted octanol–water partition coefficient (Wildman–Crippen LogP) is 0.450. The van der Waals surface area contributed by atoms with E-state index in [2.05, 4.69) is 0 Å². The van der Waals surface area contributed by atoms with Gasteiger partial charge in [0.25, 0.3) is 0 Å². The van der Waals surface area contributed by atoms with Crippen molar-refractivity contribution in [1.82, 2.24) is 0 Å². The van der Waals surface area contributed by atoms with Gasteiger partial charge in [-0.1, -0.05) is 6.08 Å². The monoisotopic (exact) mass is 170 g/mol. The fourth-order valence-corrected chi connectivity index (χ4v) is 1.16. The summed E-state index contributed by atoms with van der Waals surface area (Å²) < 4.78 is 0. The minimum Gasteiger partial charge on any atom is -0.508 e. The summed E-state index contributed by atoms with van der Waals surface area (Å²) in [5.41, 5.74) is -1.51. The first kappa shape index (κ1) is 8.80. The smallest absolute Gasteiger partial charge is 0.313 e. The molecule has 0 heterocycles. The van der Waals surface area contributed by atoms with Crippen molar-refractivity contribution in [2.24, 2.45) is 5.92 Å². The van der Waals surface area contributed by atoms with E-state index in [0.717, 1.165) is 6.08 Å². The Morgan fingerprint density at radius 3 is 2.67 bits per heavy atom. The van der Waals surface area contributed by atoms with Gasteiger partial charge in [-0.3, -0.25) is 4.79 Å². The van der Waals surface area contributed by atoms with Crippen LogP contribution in [-0.2, 0) is 4.79 Å². The van der Waals surface area contributed by atoms with Gasteiger partial charge in [-0.2, -0.15) is 0 Å². The highest BCUT2D eigenvalue weighted by atomic mass is 16.4. The van der Waals surface area contributed by atoms with Crippen LogP contribution in [0.5, 0.6) is 0 Å². The largest absolute Gasteiger partial charge is 0.508 e. The molecule has 4 heteroatoms. The molecular weight excluding hydrogens is 160 g/mol. The van der Waals surface area contributed by atoms with Crippen molar-refractivity contribution < 1.29 is 20.1 Å². The summed E-state index contributed by atoms with van der Waals surface area (Å²) in [5.74, 6) is -2.22. The maximum absolute atomic E-state index is 10.6. The average molecular weight is 170 g/mol. The molecule has 66 valence electrons. The molecule has 2 unspecified atom stereocenters. The molecule has 2 atom stereocenters. The van der Waals surface area contributed by atoms with Gasteiger partial charge in [-0.15, -0.1) is 0 Å². The quantitative estimate of drug-likeness (QED) is 0.534. The first-order chi connectivity index (χ1) is 5.43. The maximum Gasteiger partial charge on any atom is 0.313 e. The van der Waals surface area contributed by atoms with E-state index in [9.17, 15) is 9.90 Å². The summed E-state index contributed by atoms with van der Waals surface area (Å²) >= 11 is 0. The van der Waals surface area contributed by atoms with E-state index in [1.54, 1.807) is 0 Å². The van der Waals surface area contributed by atoms with Gasteiger partial charge >= 0.3 is 5.97 Å². The molecule has 0 saturated carbocycles. The zero-order chi connectivity index (χ0) is 9.35. The number of aliphatic hydroxyl groups is 2. The van der Waals surface area contributed by atoms with Gasteiger partial charge in [0.05, 0.1) is 0 Å². The predicted molar refractivity (Wildman–Crippen MR) is 41.6 cm³/mol. The lowest BCUT2D eigenvalue weighted by Gasteiger charge is -2.26. The molecule has 0 aromatic heterocycles. The number of carboxylic acid groups (broad SMARTS) is 1. The number of carboxylic acids is 1. The van der Waals surface area contributed by atoms with Crippen molar-refractivity contribution >= 4 is 5.97 Å². The van der Waals surface area contributed by atoms with Gasteiger partial charge in [0.15, 0.2) is 0 Å². The number of aliphatic hydroxyl groups excluding tert-OH is 1. The Kier molecular flexibility index (Phi) is 1.94. The van der Waals surface area contributed by atoms with Crippen LogP contribution in [0.25, 0.3) is 0 Å². The Morgan fingerprint density at radius 2 is 2.25 bits per heavy atom. The summed E-state index contributed by atoms with van der Waals surface area (Å²) in [4.78, 5) is 10.6. The van der Waals surface area contributed by atoms with Gasteiger partial charge in [-0.25, -0.2) is 0 Å². The average Bonchev–Trinajstić information content (AvgIpc) is 1.82. The number of allylic oxidation sites excluding steroid dienone is 1. The fourth-order valence-electron chi connectivity index (χ4n) is 1.16. The van der Waals surface area contributed by atoms with Gasteiger partial charge in [0, 0.05) is 0 Å². The standard InChI is InChI=1S/C8H10O4/c1-8(12)4-5(9)2-3-6(8)7(10)11/h2-4,6,9,12H,1H3,(H,10,11). The SMILES string of the molecule is CC1(O)C=C(O)C=CC1C(=O)O. The summed E-state index contributed by atoms with van der Waals surface area (Å²) in [6.45, 7) is 1.34. The molecule has 0 aromatic carbocycles. The molecule has 0 fully saturated rings. The normalized spacial score (nSPS) is 34.5.